The molecule has 2 rings (SSSR count). The fraction of sp³-hybridized carbons (Fsp3) is 0.267. The Bertz CT molecular complexity index is 854. The Balaban J connectivity index is 2.45. The first-order valence-corrected chi connectivity index (χ1v) is 8.43. The number of nitrogens with zero attached hydrogens (tertiary/aromatic N) is 2. The molecule has 0 radical (unpaired) electrons. The van der Waals surface area contributed by atoms with Crippen LogP contribution in [-0.2, 0) is 0 Å². The first kappa shape index (κ1) is 19.6. The molecular formula is C15H21N7O3S. The van der Waals surface area contributed by atoms with Crippen molar-refractivity contribution in [1.82, 2.24) is 19.0 Å². The molecule has 2 aromatic rings. The van der Waals surface area contributed by atoms with Crippen LogP contribution < -0.4 is 32.0 Å². The summed E-state index contributed by atoms with van der Waals surface area (Å²) < 4.78 is 10.1. The number of benzene rings is 1. The summed E-state index contributed by atoms with van der Waals surface area (Å²) in [5, 5.41) is 0. The van der Waals surface area contributed by atoms with E-state index in [2.05, 4.69) is 20.1 Å². The van der Waals surface area contributed by atoms with Gasteiger partial charge in [0.2, 0.25) is 0 Å². The van der Waals surface area contributed by atoms with E-state index in [0.29, 0.717) is 23.5 Å². The molecule has 0 unspecified atom stereocenters. The standard InChI is InChI=1S/C15H21N7O3S/c1-4-25-10-7-8(14(23)21-26-22(2)3)5-6-9(10)12-18-13(20-17)11(16)15(24)19-12/h5-7H,4,16-17H2,1-3H3,(H,21,23)(H2,18,19,20,24). The third-order valence-electron chi connectivity index (χ3n) is 3.21. The maximum absolute atomic E-state index is 12.2. The zero-order chi connectivity index (χ0) is 19.3. The number of carbonyl (C=O) groups is 1. The normalized spacial score (nSPS) is 10.7. The molecule has 1 heterocycles. The van der Waals surface area contributed by atoms with Crippen LogP contribution in [-0.4, -0.2) is 40.9 Å². The van der Waals surface area contributed by atoms with Crippen molar-refractivity contribution in [3.8, 4) is 17.1 Å². The molecule has 140 valence electrons. The van der Waals surface area contributed by atoms with Crippen molar-refractivity contribution >= 4 is 29.5 Å². The Morgan fingerprint density at radius 3 is 2.77 bits per heavy atom. The fourth-order valence-electron chi connectivity index (χ4n) is 2.05. The van der Waals surface area contributed by atoms with Crippen LogP contribution in [0.3, 0.4) is 0 Å². The fourth-order valence-corrected chi connectivity index (χ4v) is 2.43. The molecule has 0 aliphatic rings. The first-order chi connectivity index (χ1) is 12.4. The second kappa shape index (κ2) is 8.56. The zero-order valence-corrected chi connectivity index (χ0v) is 15.4. The molecule has 0 bridgehead atoms. The quantitative estimate of drug-likeness (QED) is 0.264. The molecule has 1 aromatic heterocycles. The molecule has 1 amide bonds. The van der Waals surface area contributed by atoms with E-state index in [0.717, 1.165) is 12.1 Å². The molecule has 26 heavy (non-hydrogen) atoms. The Morgan fingerprint density at radius 2 is 2.15 bits per heavy atom. The molecular weight excluding hydrogens is 358 g/mol. The number of carbonyl (C=O) groups excluding carboxylic acids is 1. The van der Waals surface area contributed by atoms with Crippen molar-refractivity contribution in [3.63, 3.8) is 0 Å². The van der Waals surface area contributed by atoms with Gasteiger partial charge in [-0.2, -0.15) is 0 Å². The summed E-state index contributed by atoms with van der Waals surface area (Å²) in [5.74, 6) is 5.73. The lowest BCUT2D eigenvalue weighted by atomic mass is 10.1. The highest BCUT2D eigenvalue weighted by Gasteiger charge is 2.16. The molecule has 0 aliphatic heterocycles. The van der Waals surface area contributed by atoms with Gasteiger partial charge in [-0.1, -0.05) is 0 Å². The lowest BCUT2D eigenvalue weighted by Gasteiger charge is -2.14. The minimum atomic E-state index is -0.533. The van der Waals surface area contributed by atoms with Gasteiger partial charge in [-0.25, -0.2) is 15.1 Å². The van der Waals surface area contributed by atoms with Crippen LogP contribution in [0.25, 0.3) is 11.4 Å². The van der Waals surface area contributed by atoms with E-state index in [9.17, 15) is 9.59 Å². The van der Waals surface area contributed by atoms with Crippen LogP contribution >= 0.6 is 12.1 Å². The predicted molar refractivity (Wildman–Crippen MR) is 102 cm³/mol. The maximum atomic E-state index is 12.2. The largest absolute Gasteiger partial charge is 0.493 e. The van der Waals surface area contributed by atoms with Gasteiger partial charge in [0.15, 0.2) is 5.82 Å². The molecule has 0 spiro atoms. The van der Waals surface area contributed by atoms with Crippen molar-refractivity contribution in [2.75, 3.05) is 31.9 Å². The summed E-state index contributed by atoms with van der Waals surface area (Å²) in [7, 11) is 3.62. The van der Waals surface area contributed by atoms with E-state index in [1.807, 2.05) is 21.0 Å². The number of anilines is 2. The Kier molecular flexibility index (Phi) is 6.44. The number of nitrogens with two attached hydrogens (primary N) is 2. The van der Waals surface area contributed by atoms with Gasteiger partial charge in [-0.3, -0.25) is 14.3 Å². The highest BCUT2D eigenvalue weighted by Crippen LogP contribution is 2.29. The number of ether oxygens (including phenoxy) is 1. The number of amides is 1. The number of aromatic nitrogens is 2. The molecule has 0 aliphatic carbocycles. The van der Waals surface area contributed by atoms with Crippen LogP contribution in [0.1, 0.15) is 17.3 Å². The van der Waals surface area contributed by atoms with Gasteiger partial charge >= 0.3 is 0 Å². The molecule has 0 saturated heterocycles. The number of nitrogen functional groups attached to an aromatic ring is 2. The maximum Gasteiger partial charge on any atom is 0.276 e. The van der Waals surface area contributed by atoms with Gasteiger partial charge < -0.3 is 20.9 Å². The Hall–Kier alpha value is -2.76. The number of nitrogens with one attached hydrogen (secondary N) is 3. The van der Waals surface area contributed by atoms with E-state index in [1.54, 1.807) is 22.5 Å². The molecule has 0 saturated carbocycles. The van der Waals surface area contributed by atoms with Gasteiger partial charge in [-0.15, -0.1) is 0 Å². The van der Waals surface area contributed by atoms with E-state index in [1.165, 1.54) is 0 Å². The lowest BCUT2D eigenvalue weighted by molar-refractivity contribution is 0.0983. The SMILES string of the molecule is CCOc1cc(C(=O)NSN(C)C)ccc1-c1nc(NN)c(N)c(=O)[nH]1. The van der Waals surface area contributed by atoms with E-state index in [-0.39, 0.29) is 23.2 Å². The summed E-state index contributed by atoms with van der Waals surface area (Å²) in [5.41, 5.74) is 8.15. The zero-order valence-electron chi connectivity index (χ0n) is 14.6. The van der Waals surface area contributed by atoms with Crippen LogP contribution in [0, 0.1) is 0 Å². The van der Waals surface area contributed by atoms with Gasteiger partial charge in [-0.05, 0) is 39.2 Å². The Labute approximate surface area is 154 Å². The second-order valence-electron chi connectivity index (χ2n) is 5.30. The summed E-state index contributed by atoms with van der Waals surface area (Å²) in [4.78, 5) is 30.9. The van der Waals surface area contributed by atoms with Crippen molar-refractivity contribution < 1.29 is 9.53 Å². The van der Waals surface area contributed by atoms with Crippen molar-refractivity contribution in [1.29, 1.82) is 0 Å². The number of H-pyrrole nitrogens is 1. The monoisotopic (exact) mass is 379 g/mol. The number of hydrogen-bond donors (Lipinski definition) is 5. The molecule has 0 atom stereocenters. The smallest absolute Gasteiger partial charge is 0.276 e. The number of aromatic amines is 1. The third kappa shape index (κ3) is 4.45. The number of hydrogen-bond acceptors (Lipinski definition) is 9. The average molecular weight is 379 g/mol. The van der Waals surface area contributed by atoms with Gasteiger partial charge in [0.25, 0.3) is 11.5 Å². The second-order valence-corrected chi connectivity index (χ2v) is 6.42. The summed E-state index contributed by atoms with van der Waals surface area (Å²) in [6, 6.07) is 4.82. The Morgan fingerprint density at radius 1 is 1.42 bits per heavy atom. The van der Waals surface area contributed by atoms with Gasteiger partial charge in [0.05, 0.1) is 12.2 Å². The topological polar surface area (TPSA) is 151 Å². The van der Waals surface area contributed by atoms with Crippen molar-refractivity contribution in [3.05, 3.63) is 34.1 Å². The summed E-state index contributed by atoms with van der Waals surface area (Å²) in [6.45, 7) is 2.18. The van der Waals surface area contributed by atoms with Crippen LogP contribution in [0.15, 0.2) is 23.0 Å². The van der Waals surface area contributed by atoms with E-state index >= 15 is 0 Å². The minimum Gasteiger partial charge on any atom is -0.493 e. The number of hydrazine groups is 1. The van der Waals surface area contributed by atoms with Gasteiger partial charge in [0.1, 0.15) is 17.3 Å². The highest BCUT2D eigenvalue weighted by atomic mass is 32.2. The van der Waals surface area contributed by atoms with E-state index < -0.39 is 5.56 Å². The number of rotatable bonds is 7. The lowest BCUT2D eigenvalue weighted by Crippen LogP contribution is -2.21. The van der Waals surface area contributed by atoms with E-state index in [4.69, 9.17) is 16.3 Å². The molecule has 1 aromatic carbocycles. The molecule has 11 heteroatoms. The molecule has 7 N–H and O–H groups in total. The summed E-state index contributed by atoms with van der Waals surface area (Å²) >= 11 is 1.16. The molecule has 0 fully saturated rings. The van der Waals surface area contributed by atoms with Crippen molar-refractivity contribution in [2.24, 2.45) is 5.84 Å². The molecule has 10 nitrogen and oxygen atoms in total. The highest BCUT2D eigenvalue weighted by molar-refractivity contribution is 7.95. The van der Waals surface area contributed by atoms with Gasteiger partial charge in [0, 0.05) is 17.7 Å². The third-order valence-corrected chi connectivity index (χ3v) is 3.85. The summed E-state index contributed by atoms with van der Waals surface area (Å²) in [6.07, 6.45) is 0. The minimum absolute atomic E-state index is 0.0513. The average Bonchev–Trinajstić information content (AvgIpc) is 2.62. The van der Waals surface area contributed by atoms with Crippen molar-refractivity contribution in [2.45, 2.75) is 6.92 Å². The van der Waals surface area contributed by atoms with Crippen LogP contribution in [0.2, 0.25) is 0 Å². The van der Waals surface area contributed by atoms with Crippen LogP contribution in [0.5, 0.6) is 5.75 Å². The van der Waals surface area contributed by atoms with Crippen LogP contribution in [0.4, 0.5) is 11.5 Å². The predicted octanol–water partition coefficient (Wildman–Crippen LogP) is 0.558. The first-order valence-electron chi connectivity index (χ1n) is 7.65.